The molecule has 4 heteroatoms. The smallest absolute Gasteiger partial charge is 0.0389 e. The van der Waals surface area contributed by atoms with Crippen LogP contribution in [0.3, 0.4) is 0 Å². The van der Waals surface area contributed by atoms with Crippen molar-refractivity contribution in [3.05, 3.63) is 64.7 Å². The summed E-state index contributed by atoms with van der Waals surface area (Å²) in [4.78, 5) is 4.08. The van der Waals surface area contributed by atoms with Crippen molar-refractivity contribution in [3.8, 4) is 30.8 Å². The summed E-state index contributed by atoms with van der Waals surface area (Å²) in [6.45, 7) is 0. The van der Waals surface area contributed by atoms with Gasteiger partial charge in [0.2, 0.25) is 0 Å². The Morgan fingerprint density at radius 3 is 1.52 bits per heavy atom. The van der Waals surface area contributed by atoms with Gasteiger partial charge in [-0.1, -0.05) is 26.4 Å². The Bertz CT molecular complexity index is 701. The summed E-state index contributed by atoms with van der Waals surface area (Å²) in [5.74, 6) is 0. The van der Waals surface area contributed by atoms with Crippen LogP contribution in [0.4, 0.5) is 0 Å². The summed E-state index contributed by atoms with van der Waals surface area (Å²) in [5, 5.41) is 9.25. The van der Waals surface area contributed by atoms with Gasteiger partial charge in [0.15, 0.2) is 0 Å². The zero-order chi connectivity index (χ0) is 14.1. The highest BCUT2D eigenvalue weighted by atomic mass is 32.1. The van der Waals surface area contributed by atoms with Crippen molar-refractivity contribution < 1.29 is 0 Å². The topological polar surface area (TPSA) is 0 Å². The van der Waals surface area contributed by atoms with Crippen LogP contribution in [0.2, 0.25) is 0 Å². The monoisotopic (exact) mass is 342 g/mol. The van der Waals surface area contributed by atoms with Gasteiger partial charge in [0.25, 0.3) is 0 Å². The molecule has 4 rings (SSSR count). The fraction of sp³-hybridized carbons (Fsp3) is 0. The van der Waals surface area contributed by atoms with E-state index in [1.165, 1.54) is 39.0 Å². The van der Waals surface area contributed by atoms with Gasteiger partial charge in [0.05, 0.1) is 0 Å². The maximum Gasteiger partial charge on any atom is 0.0389 e. The van der Waals surface area contributed by atoms with Crippen LogP contribution in [0, 0.1) is 0 Å². The van der Waals surface area contributed by atoms with E-state index in [2.05, 4.69) is 64.7 Å². The fourth-order valence-corrected chi connectivity index (χ4v) is 5.84. The van der Waals surface area contributed by atoms with Gasteiger partial charge in [-0.15, -0.1) is 34.0 Å². The van der Waals surface area contributed by atoms with Crippen LogP contribution in [-0.4, -0.2) is 0 Å². The van der Waals surface area contributed by atoms with E-state index >= 15 is 0 Å². The zero-order valence-corrected chi connectivity index (χ0v) is 14.4. The van der Waals surface area contributed by atoms with E-state index < -0.39 is 0 Å². The van der Waals surface area contributed by atoms with Crippen LogP contribution in [0.5, 0.6) is 0 Å². The van der Waals surface area contributed by atoms with Gasteiger partial charge in [0.1, 0.15) is 0 Å². The van der Waals surface area contributed by atoms with Crippen molar-refractivity contribution in [3.63, 3.8) is 0 Å². The van der Waals surface area contributed by atoms with E-state index in [-0.39, 0.29) is 0 Å². The highest BCUT2D eigenvalue weighted by molar-refractivity contribution is 7.40. The molecule has 0 aliphatic rings. The first-order valence-corrected chi connectivity index (χ1v) is 10.1. The molecule has 0 atom stereocenters. The van der Waals surface area contributed by atoms with E-state index in [0.29, 0.717) is 0 Å². The molecule has 21 heavy (non-hydrogen) atoms. The lowest BCUT2D eigenvalue weighted by Gasteiger charge is -2.06. The first-order valence-electron chi connectivity index (χ1n) is 6.54. The summed E-state index contributed by atoms with van der Waals surface area (Å²) < 4.78 is 0. The molecule has 0 unspecified atom stereocenters. The molecule has 4 aromatic rings. The average molecular weight is 342 g/mol. The van der Waals surface area contributed by atoms with Crippen LogP contribution in [0.25, 0.3) is 30.8 Å². The molecule has 0 nitrogen and oxygen atoms in total. The van der Waals surface area contributed by atoms with E-state index in [0.717, 1.165) is 0 Å². The molecule has 4 heterocycles. The Morgan fingerprint density at radius 1 is 0.619 bits per heavy atom. The Kier molecular flexibility index (Phi) is 3.74. The molecule has 0 saturated heterocycles. The molecule has 102 valence electrons. The summed E-state index contributed by atoms with van der Waals surface area (Å²) in [5.41, 5.74) is 1.33. The van der Waals surface area contributed by atoms with Gasteiger partial charge in [-0.25, -0.2) is 0 Å². The standard InChI is InChI=1S/C17H11PS3/c1-4-15(19-7-1)12-10-13(16-5-2-8-20-16)18-14(11-12)17-6-3-9-21-17/h1-11H. The van der Waals surface area contributed by atoms with Crippen molar-refractivity contribution in [1.29, 1.82) is 0 Å². The third kappa shape index (κ3) is 2.75. The number of hydrogen-bond acceptors (Lipinski definition) is 3. The molecule has 0 bridgehead atoms. The number of hydrogen-bond donors (Lipinski definition) is 0. The Labute approximate surface area is 137 Å². The van der Waals surface area contributed by atoms with Gasteiger partial charge < -0.3 is 0 Å². The predicted octanol–water partition coefficient (Wildman–Crippen LogP) is 7.45. The second kappa shape index (κ2) is 5.86. The van der Waals surface area contributed by atoms with Crippen LogP contribution in [0.1, 0.15) is 0 Å². The lowest BCUT2D eigenvalue weighted by atomic mass is 10.2. The van der Waals surface area contributed by atoms with Crippen LogP contribution >= 0.6 is 42.2 Å². The van der Waals surface area contributed by atoms with Crippen molar-refractivity contribution >= 4 is 42.2 Å². The molecule has 4 aromatic heterocycles. The molecule has 0 aliphatic heterocycles. The molecule has 0 spiro atoms. The molecular weight excluding hydrogens is 331 g/mol. The van der Waals surface area contributed by atoms with Gasteiger partial charge in [-0.05, 0) is 52.0 Å². The minimum atomic E-state index is 1.31. The Morgan fingerprint density at radius 2 is 1.10 bits per heavy atom. The Hall–Kier alpha value is -1.25. The molecule has 0 aromatic carbocycles. The second-order valence-corrected chi connectivity index (χ2v) is 8.59. The third-order valence-electron chi connectivity index (χ3n) is 3.18. The van der Waals surface area contributed by atoms with E-state index in [9.17, 15) is 0 Å². The van der Waals surface area contributed by atoms with E-state index in [1.807, 2.05) is 22.7 Å². The highest BCUT2D eigenvalue weighted by Crippen LogP contribution is 2.43. The molecule has 0 radical (unpaired) electrons. The quantitative estimate of drug-likeness (QED) is 0.362. The lowest BCUT2D eigenvalue weighted by molar-refractivity contribution is 1.79. The summed E-state index contributed by atoms with van der Waals surface area (Å²) in [6.07, 6.45) is 0. The molecule has 0 aliphatic carbocycles. The van der Waals surface area contributed by atoms with Crippen molar-refractivity contribution in [1.82, 2.24) is 0 Å². The van der Waals surface area contributed by atoms with E-state index in [1.54, 1.807) is 11.3 Å². The summed E-state index contributed by atoms with van der Waals surface area (Å²) in [6, 6.07) is 17.7. The SMILES string of the molecule is c1csc(-c2cc(-c3cccs3)pc(-c3cccs3)c2)c1. The maximum atomic E-state index is 2.34. The molecule has 0 saturated carbocycles. The van der Waals surface area contributed by atoms with Crippen LogP contribution in [-0.2, 0) is 0 Å². The van der Waals surface area contributed by atoms with Gasteiger partial charge in [-0.3, -0.25) is 0 Å². The second-order valence-electron chi connectivity index (χ2n) is 4.56. The third-order valence-corrected chi connectivity index (χ3v) is 7.43. The normalized spacial score (nSPS) is 10.9. The highest BCUT2D eigenvalue weighted by Gasteiger charge is 2.09. The summed E-state index contributed by atoms with van der Waals surface area (Å²) in [7, 11) is 1.31. The lowest BCUT2D eigenvalue weighted by Crippen LogP contribution is -1.76. The summed E-state index contributed by atoms with van der Waals surface area (Å²) >= 11 is 5.44. The molecular formula is C17H11PS3. The average Bonchev–Trinajstić information content (AvgIpc) is 3.29. The maximum absolute atomic E-state index is 2.34. The van der Waals surface area contributed by atoms with Gasteiger partial charge in [0, 0.05) is 25.2 Å². The molecule has 0 fully saturated rings. The minimum Gasteiger partial charge on any atom is -0.144 e. The van der Waals surface area contributed by atoms with Crippen molar-refractivity contribution in [2.75, 3.05) is 0 Å². The van der Waals surface area contributed by atoms with Crippen molar-refractivity contribution in [2.45, 2.75) is 0 Å². The molecule has 0 N–H and O–H groups in total. The van der Waals surface area contributed by atoms with Crippen molar-refractivity contribution in [2.24, 2.45) is 0 Å². The number of rotatable bonds is 3. The van der Waals surface area contributed by atoms with Gasteiger partial charge >= 0.3 is 0 Å². The Balaban J connectivity index is 1.92. The first-order chi connectivity index (χ1) is 10.4. The van der Waals surface area contributed by atoms with Crippen LogP contribution < -0.4 is 0 Å². The minimum absolute atomic E-state index is 1.31. The van der Waals surface area contributed by atoms with Gasteiger partial charge in [-0.2, -0.15) is 0 Å². The zero-order valence-electron chi connectivity index (χ0n) is 11.0. The first kappa shape index (κ1) is 13.4. The number of thiophene rings is 3. The molecule has 0 amide bonds. The fourth-order valence-electron chi connectivity index (χ4n) is 2.22. The predicted molar refractivity (Wildman–Crippen MR) is 98.9 cm³/mol. The van der Waals surface area contributed by atoms with Crippen LogP contribution in [0.15, 0.2) is 64.7 Å². The largest absolute Gasteiger partial charge is 0.144 e. The van der Waals surface area contributed by atoms with E-state index in [4.69, 9.17) is 0 Å².